The molecule has 0 saturated carbocycles. The number of methoxy groups -OCH3 is 1. The van der Waals surface area contributed by atoms with Crippen molar-refractivity contribution in [2.24, 2.45) is 0 Å². The number of nitrogens with zero attached hydrogens (tertiary/aromatic N) is 2. The topological polar surface area (TPSA) is 65.3 Å². The van der Waals surface area contributed by atoms with Crippen molar-refractivity contribution in [2.75, 3.05) is 12.4 Å². The zero-order valence-electron chi connectivity index (χ0n) is 15.0. The van der Waals surface area contributed by atoms with Gasteiger partial charge in [-0.3, -0.25) is 9.59 Å². The van der Waals surface area contributed by atoms with Gasteiger partial charge in [0, 0.05) is 6.92 Å². The van der Waals surface area contributed by atoms with E-state index in [0.717, 1.165) is 11.4 Å². The first-order valence-corrected chi connectivity index (χ1v) is 8.41. The van der Waals surface area contributed by atoms with Gasteiger partial charge in [0.1, 0.15) is 11.4 Å². The smallest absolute Gasteiger partial charge is 0.295 e. The van der Waals surface area contributed by atoms with E-state index < -0.39 is 0 Å². The van der Waals surface area contributed by atoms with Gasteiger partial charge < -0.3 is 10.1 Å². The molecule has 3 rings (SSSR count). The van der Waals surface area contributed by atoms with E-state index in [1.54, 1.807) is 23.9 Å². The van der Waals surface area contributed by atoms with E-state index in [-0.39, 0.29) is 11.5 Å². The SMILES string of the molecule is CCc1c(NC(C)=O)c(=O)n(-c2ccc(OC)cc2)n1-c1ccccc1. The number of para-hydroxylation sites is 1. The van der Waals surface area contributed by atoms with Gasteiger partial charge in [-0.25, -0.2) is 9.36 Å². The number of rotatable bonds is 5. The molecule has 26 heavy (non-hydrogen) atoms. The van der Waals surface area contributed by atoms with Crippen LogP contribution in [0.1, 0.15) is 19.5 Å². The van der Waals surface area contributed by atoms with E-state index in [9.17, 15) is 9.59 Å². The molecule has 1 aromatic heterocycles. The summed E-state index contributed by atoms with van der Waals surface area (Å²) >= 11 is 0. The van der Waals surface area contributed by atoms with Gasteiger partial charge in [0.15, 0.2) is 0 Å². The van der Waals surface area contributed by atoms with Gasteiger partial charge in [0.25, 0.3) is 5.56 Å². The molecule has 3 aromatic rings. The summed E-state index contributed by atoms with van der Waals surface area (Å²) in [5, 5.41) is 2.70. The van der Waals surface area contributed by atoms with Gasteiger partial charge in [-0.05, 0) is 42.8 Å². The van der Waals surface area contributed by atoms with Crippen LogP contribution in [-0.4, -0.2) is 22.4 Å². The molecule has 0 saturated heterocycles. The lowest BCUT2D eigenvalue weighted by Gasteiger charge is -2.15. The monoisotopic (exact) mass is 351 g/mol. The Hall–Kier alpha value is -3.28. The second-order valence-corrected chi connectivity index (χ2v) is 5.82. The Morgan fingerprint density at radius 1 is 1.00 bits per heavy atom. The Morgan fingerprint density at radius 3 is 2.15 bits per heavy atom. The third-order valence-corrected chi connectivity index (χ3v) is 4.10. The van der Waals surface area contributed by atoms with Gasteiger partial charge in [0.2, 0.25) is 5.91 Å². The molecule has 1 heterocycles. The molecular weight excluding hydrogens is 330 g/mol. The van der Waals surface area contributed by atoms with Crippen molar-refractivity contribution >= 4 is 11.6 Å². The van der Waals surface area contributed by atoms with Gasteiger partial charge in [-0.15, -0.1) is 0 Å². The van der Waals surface area contributed by atoms with Crippen LogP contribution in [0.2, 0.25) is 0 Å². The molecule has 1 N–H and O–H groups in total. The van der Waals surface area contributed by atoms with Crippen molar-refractivity contribution in [1.29, 1.82) is 0 Å². The van der Waals surface area contributed by atoms with E-state index in [4.69, 9.17) is 4.74 Å². The van der Waals surface area contributed by atoms with Crippen LogP contribution in [0.5, 0.6) is 5.75 Å². The molecule has 0 fully saturated rings. The number of amides is 1. The summed E-state index contributed by atoms with van der Waals surface area (Å²) < 4.78 is 8.61. The minimum atomic E-state index is -0.274. The van der Waals surface area contributed by atoms with E-state index in [1.165, 1.54) is 6.92 Å². The predicted octanol–water partition coefficient (Wildman–Crippen LogP) is 3.16. The van der Waals surface area contributed by atoms with E-state index >= 15 is 0 Å². The molecule has 0 atom stereocenters. The van der Waals surface area contributed by atoms with Gasteiger partial charge in [-0.2, -0.15) is 0 Å². The molecule has 0 aliphatic rings. The fourth-order valence-electron chi connectivity index (χ4n) is 2.97. The minimum Gasteiger partial charge on any atom is -0.497 e. The number of carbonyl (C=O) groups is 1. The number of aromatic nitrogens is 2. The normalized spacial score (nSPS) is 10.6. The molecule has 0 radical (unpaired) electrons. The van der Waals surface area contributed by atoms with E-state index in [1.807, 2.05) is 54.1 Å². The Labute approximate surface area is 151 Å². The standard InChI is InChI=1S/C20H21N3O3/c1-4-18-19(21-14(2)24)20(25)23(16-10-12-17(26-3)13-11-16)22(18)15-8-6-5-7-9-15/h5-13H,4H2,1-3H3,(H,21,24). The highest BCUT2D eigenvalue weighted by Gasteiger charge is 2.21. The highest BCUT2D eigenvalue weighted by molar-refractivity contribution is 5.89. The zero-order valence-corrected chi connectivity index (χ0v) is 15.0. The van der Waals surface area contributed by atoms with Crippen LogP contribution in [0, 0.1) is 0 Å². The lowest BCUT2D eigenvalue weighted by Crippen LogP contribution is -2.22. The molecular formula is C20H21N3O3. The third kappa shape index (κ3) is 3.13. The molecule has 0 aliphatic carbocycles. The molecule has 6 heteroatoms. The average Bonchev–Trinajstić information content (AvgIpc) is 2.94. The summed E-state index contributed by atoms with van der Waals surface area (Å²) in [7, 11) is 1.60. The second kappa shape index (κ2) is 7.31. The summed E-state index contributed by atoms with van der Waals surface area (Å²) in [6, 6.07) is 16.8. The highest BCUT2D eigenvalue weighted by atomic mass is 16.5. The molecule has 134 valence electrons. The zero-order chi connectivity index (χ0) is 18.7. The van der Waals surface area contributed by atoms with Crippen LogP contribution < -0.4 is 15.6 Å². The molecule has 0 unspecified atom stereocenters. The van der Waals surface area contributed by atoms with E-state index in [2.05, 4.69) is 5.32 Å². The number of ether oxygens (including phenoxy) is 1. The Morgan fingerprint density at radius 2 is 1.62 bits per heavy atom. The maximum atomic E-state index is 13.1. The van der Waals surface area contributed by atoms with Crippen LogP contribution in [0.4, 0.5) is 5.69 Å². The summed E-state index contributed by atoms with van der Waals surface area (Å²) in [6.07, 6.45) is 0.586. The van der Waals surface area contributed by atoms with Crippen molar-refractivity contribution in [3.8, 4) is 17.1 Å². The fraction of sp³-hybridized carbons (Fsp3) is 0.200. The predicted molar refractivity (Wildman–Crippen MR) is 102 cm³/mol. The number of carbonyl (C=O) groups excluding carboxylic acids is 1. The van der Waals surface area contributed by atoms with Crippen molar-refractivity contribution in [3.05, 3.63) is 70.6 Å². The first-order valence-electron chi connectivity index (χ1n) is 8.41. The van der Waals surface area contributed by atoms with Crippen LogP contribution in [-0.2, 0) is 11.2 Å². The maximum Gasteiger partial charge on any atom is 0.295 e. The maximum absolute atomic E-state index is 13.1. The van der Waals surface area contributed by atoms with Crippen LogP contribution in [0.15, 0.2) is 59.4 Å². The van der Waals surface area contributed by atoms with Gasteiger partial charge in [-0.1, -0.05) is 25.1 Å². The Bertz CT molecular complexity index is 970. The summed E-state index contributed by atoms with van der Waals surface area (Å²) in [5.41, 5.74) is 2.30. The van der Waals surface area contributed by atoms with Crippen molar-refractivity contribution in [3.63, 3.8) is 0 Å². The third-order valence-electron chi connectivity index (χ3n) is 4.10. The Kier molecular flexibility index (Phi) is 4.93. The lowest BCUT2D eigenvalue weighted by molar-refractivity contribution is -0.114. The molecule has 1 amide bonds. The van der Waals surface area contributed by atoms with Gasteiger partial charge in [0.05, 0.1) is 24.2 Å². The number of benzene rings is 2. The summed E-state index contributed by atoms with van der Waals surface area (Å²) in [4.78, 5) is 24.8. The summed E-state index contributed by atoms with van der Waals surface area (Å²) in [5.74, 6) is 0.432. The number of hydrogen-bond acceptors (Lipinski definition) is 3. The molecule has 0 spiro atoms. The largest absolute Gasteiger partial charge is 0.497 e. The molecule has 2 aromatic carbocycles. The quantitative estimate of drug-likeness (QED) is 0.768. The Balaban J connectivity index is 2.32. The van der Waals surface area contributed by atoms with Crippen LogP contribution in [0.25, 0.3) is 11.4 Å². The first kappa shape index (κ1) is 17.5. The van der Waals surface area contributed by atoms with Crippen LogP contribution in [0.3, 0.4) is 0 Å². The van der Waals surface area contributed by atoms with Crippen molar-refractivity contribution < 1.29 is 9.53 Å². The number of nitrogens with one attached hydrogen (secondary N) is 1. The molecule has 6 nitrogen and oxygen atoms in total. The highest BCUT2D eigenvalue weighted by Crippen LogP contribution is 2.23. The van der Waals surface area contributed by atoms with Crippen molar-refractivity contribution in [1.82, 2.24) is 9.36 Å². The van der Waals surface area contributed by atoms with E-state index in [0.29, 0.717) is 23.5 Å². The average molecular weight is 351 g/mol. The van der Waals surface area contributed by atoms with Crippen molar-refractivity contribution in [2.45, 2.75) is 20.3 Å². The summed E-state index contributed by atoms with van der Waals surface area (Å²) in [6.45, 7) is 3.36. The molecule has 0 bridgehead atoms. The molecule has 0 aliphatic heterocycles. The first-order chi connectivity index (χ1) is 12.6. The minimum absolute atomic E-state index is 0.272. The lowest BCUT2D eigenvalue weighted by atomic mass is 10.2. The fourth-order valence-corrected chi connectivity index (χ4v) is 2.97. The second-order valence-electron chi connectivity index (χ2n) is 5.82. The van der Waals surface area contributed by atoms with Crippen LogP contribution >= 0.6 is 0 Å². The number of hydrogen-bond donors (Lipinski definition) is 1. The van der Waals surface area contributed by atoms with Gasteiger partial charge >= 0.3 is 0 Å². The number of anilines is 1.